The molecular formula is C18H20N2O4S. The smallest absolute Gasteiger partial charge is 0.240 e. The Labute approximate surface area is 147 Å². The lowest BCUT2D eigenvalue weighted by Gasteiger charge is -2.11. The molecule has 0 saturated heterocycles. The Balaban J connectivity index is 1.60. The summed E-state index contributed by atoms with van der Waals surface area (Å²) in [5, 5.41) is 2.68. The van der Waals surface area contributed by atoms with Gasteiger partial charge >= 0.3 is 0 Å². The highest BCUT2D eigenvalue weighted by atomic mass is 32.2. The third-order valence-corrected chi connectivity index (χ3v) is 5.47. The average Bonchev–Trinajstić information content (AvgIpc) is 2.93. The summed E-state index contributed by atoms with van der Waals surface area (Å²) in [4.78, 5) is 11.5. The van der Waals surface area contributed by atoms with E-state index in [1.54, 1.807) is 6.07 Å². The Morgan fingerprint density at radius 3 is 2.76 bits per heavy atom. The van der Waals surface area contributed by atoms with Crippen LogP contribution in [0.1, 0.15) is 16.7 Å². The number of benzene rings is 2. The maximum atomic E-state index is 12.4. The van der Waals surface area contributed by atoms with E-state index in [9.17, 15) is 13.2 Å². The van der Waals surface area contributed by atoms with E-state index in [1.165, 1.54) is 12.1 Å². The van der Waals surface area contributed by atoms with Crippen molar-refractivity contribution in [2.45, 2.75) is 25.2 Å². The maximum Gasteiger partial charge on any atom is 0.240 e. The van der Waals surface area contributed by atoms with Crippen LogP contribution < -0.4 is 14.8 Å². The van der Waals surface area contributed by atoms with Gasteiger partial charge in [0.2, 0.25) is 15.9 Å². The van der Waals surface area contributed by atoms with E-state index in [2.05, 4.69) is 10.0 Å². The normalized spacial score (nSPS) is 13.4. The van der Waals surface area contributed by atoms with Crippen LogP contribution in [-0.2, 0) is 21.2 Å². The molecule has 2 aromatic carbocycles. The second-order valence-corrected chi connectivity index (χ2v) is 7.83. The van der Waals surface area contributed by atoms with Crippen molar-refractivity contribution in [3.8, 4) is 5.75 Å². The van der Waals surface area contributed by atoms with Crippen LogP contribution >= 0.6 is 0 Å². The number of aryl methyl sites for hydroxylation is 2. The van der Waals surface area contributed by atoms with Crippen LogP contribution in [0.4, 0.5) is 5.69 Å². The molecule has 1 heterocycles. The molecule has 2 N–H and O–H groups in total. The fraction of sp³-hybridized carbons (Fsp3) is 0.278. The van der Waals surface area contributed by atoms with Gasteiger partial charge in [0.25, 0.3) is 0 Å². The van der Waals surface area contributed by atoms with Crippen LogP contribution in [0, 0.1) is 13.8 Å². The van der Waals surface area contributed by atoms with Crippen molar-refractivity contribution < 1.29 is 17.9 Å². The Morgan fingerprint density at radius 2 is 1.96 bits per heavy atom. The molecule has 0 atom stereocenters. The van der Waals surface area contributed by atoms with Crippen molar-refractivity contribution in [1.29, 1.82) is 0 Å². The minimum atomic E-state index is -3.64. The molecule has 1 aliphatic heterocycles. The van der Waals surface area contributed by atoms with Crippen LogP contribution in [0.25, 0.3) is 0 Å². The van der Waals surface area contributed by atoms with E-state index in [4.69, 9.17) is 4.74 Å². The summed E-state index contributed by atoms with van der Waals surface area (Å²) in [5.74, 6) is 0.626. The summed E-state index contributed by atoms with van der Waals surface area (Å²) in [7, 11) is -3.64. The largest absolute Gasteiger partial charge is 0.492 e. The van der Waals surface area contributed by atoms with Gasteiger partial charge in [0.15, 0.2) is 0 Å². The zero-order valence-corrected chi connectivity index (χ0v) is 14.9. The monoisotopic (exact) mass is 360 g/mol. The van der Waals surface area contributed by atoms with Gasteiger partial charge < -0.3 is 10.1 Å². The van der Waals surface area contributed by atoms with E-state index in [-0.39, 0.29) is 30.4 Å². The van der Waals surface area contributed by atoms with E-state index in [0.29, 0.717) is 11.3 Å². The van der Waals surface area contributed by atoms with Gasteiger partial charge in [-0.2, -0.15) is 0 Å². The molecule has 2 aromatic rings. The average molecular weight is 360 g/mol. The third kappa shape index (κ3) is 4.00. The molecule has 0 aliphatic carbocycles. The number of fused-ring (bicyclic) bond motifs is 1. The van der Waals surface area contributed by atoms with E-state index in [1.807, 2.05) is 32.0 Å². The molecule has 25 heavy (non-hydrogen) atoms. The molecule has 7 heteroatoms. The Kier molecular flexibility index (Phi) is 4.78. The van der Waals surface area contributed by atoms with Gasteiger partial charge in [0.05, 0.1) is 11.3 Å². The van der Waals surface area contributed by atoms with Crippen LogP contribution in [0.5, 0.6) is 5.75 Å². The quantitative estimate of drug-likeness (QED) is 0.773. The van der Waals surface area contributed by atoms with Gasteiger partial charge in [-0.25, -0.2) is 13.1 Å². The molecule has 6 nitrogen and oxygen atoms in total. The summed E-state index contributed by atoms with van der Waals surface area (Å²) in [6, 6.07) is 10.5. The lowest BCUT2D eigenvalue weighted by molar-refractivity contribution is -0.115. The van der Waals surface area contributed by atoms with Gasteiger partial charge in [-0.3, -0.25) is 4.79 Å². The highest BCUT2D eigenvalue weighted by Gasteiger charge is 2.21. The number of nitrogens with one attached hydrogen (secondary N) is 2. The minimum Gasteiger partial charge on any atom is -0.492 e. The number of rotatable bonds is 6. The Morgan fingerprint density at radius 1 is 1.16 bits per heavy atom. The summed E-state index contributed by atoms with van der Waals surface area (Å²) in [5.41, 5.74) is 3.45. The van der Waals surface area contributed by atoms with Crippen molar-refractivity contribution in [2.75, 3.05) is 18.5 Å². The first-order chi connectivity index (χ1) is 11.8. The predicted molar refractivity (Wildman–Crippen MR) is 95.4 cm³/mol. The number of anilines is 1. The predicted octanol–water partition coefficient (Wildman–Crippen LogP) is 2.16. The molecule has 0 fully saturated rings. The number of sulfonamides is 1. The van der Waals surface area contributed by atoms with Crippen LogP contribution in [0.3, 0.4) is 0 Å². The number of hydrogen-bond acceptors (Lipinski definition) is 4. The molecule has 0 spiro atoms. The molecular weight excluding hydrogens is 340 g/mol. The van der Waals surface area contributed by atoms with Crippen LogP contribution in [-0.4, -0.2) is 27.5 Å². The van der Waals surface area contributed by atoms with Crippen molar-refractivity contribution in [2.24, 2.45) is 0 Å². The van der Waals surface area contributed by atoms with Gasteiger partial charge in [-0.1, -0.05) is 12.1 Å². The number of carbonyl (C=O) groups is 1. The second-order valence-electron chi connectivity index (χ2n) is 6.06. The van der Waals surface area contributed by atoms with Crippen LogP contribution in [0.2, 0.25) is 0 Å². The molecule has 132 valence electrons. The number of carbonyl (C=O) groups excluding carboxylic acids is 1. The SMILES string of the molecule is Cc1ccc(C)c(OCCNS(=O)(=O)c2ccc3c(c2)CC(=O)N3)c1. The maximum absolute atomic E-state index is 12.4. The Hall–Kier alpha value is -2.38. The van der Waals surface area contributed by atoms with Gasteiger partial charge in [-0.05, 0) is 54.8 Å². The van der Waals surface area contributed by atoms with Gasteiger partial charge in [0.1, 0.15) is 12.4 Å². The molecule has 3 rings (SSSR count). The second kappa shape index (κ2) is 6.85. The number of amides is 1. The molecule has 1 aliphatic rings. The first kappa shape index (κ1) is 17.4. The molecule has 1 amide bonds. The molecule has 0 saturated carbocycles. The highest BCUT2D eigenvalue weighted by molar-refractivity contribution is 7.89. The summed E-state index contributed by atoms with van der Waals surface area (Å²) in [6.07, 6.45) is 0.203. The third-order valence-electron chi connectivity index (χ3n) is 4.01. The van der Waals surface area contributed by atoms with Crippen LogP contribution in [0.15, 0.2) is 41.3 Å². The Bertz CT molecular complexity index is 923. The summed E-state index contributed by atoms with van der Waals surface area (Å²) in [6.45, 7) is 4.31. The first-order valence-electron chi connectivity index (χ1n) is 7.98. The lowest BCUT2D eigenvalue weighted by atomic mass is 10.1. The summed E-state index contributed by atoms with van der Waals surface area (Å²) >= 11 is 0. The standard InChI is InChI=1S/C18H20N2O4S/c1-12-3-4-13(2)17(9-12)24-8-7-19-25(22,23)15-5-6-16-14(10-15)11-18(21)20-16/h3-6,9-10,19H,7-8,11H2,1-2H3,(H,20,21). The highest BCUT2D eigenvalue weighted by Crippen LogP contribution is 2.25. The van der Waals surface area contributed by atoms with Crippen molar-refractivity contribution >= 4 is 21.6 Å². The molecule has 0 radical (unpaired) electrons. The van der Waals surface area contributed by atoms with Gasteiger partial charge in [-0.15, -0.1) is 0 Å². The van der Waals surface area contributed by atoms with E-state index >= 15 is 0 Å². The molecule has 0 bridgehead atoms. The minimum absolute atomic E-state index is 0.126. The fourth-order valence-electron chi connectivity index (χ4n) is 2.66. The van der Waals surface area contributed by atoms with E-state index < -0.39 is 10.0 Å². The van der Waals surface area contributed by atoms with Crippen molar-refractivity contribution in [3.63, 3.8) is 0 Å². The topological polar surface area (TPSA) is 84.5 Å². The zero-order valence-electron chi connectivity index (χ0n) is 14.1. The number of ether oxygens (including phenoxy) is 1. The van der Waals surface area contributed by atoms with Gasteiger partial charge in [0, 0.05) is 12.2 Å². The lowest BCUT2D eigenvalue weighted by Crippen LogP contribution is -2.28. The van der Waals surface area contributed by atoms with Crippen molar-refractivity contribution in [1.82, 2.24) is 4.72 Å². The van der Waals surface area contributed by atoms with Crippen molar-refractivity contribution in [3.05, 3.63) is 53.1 Å². The molecule has 0 aromatic heterocycles. The number of hydrogen-bond donors (Lipinski definition) is 2. The fourth-order valence-corrected chi connectivity index (χ4v) is 3.72. The molecule has 0 unspecified atom stereocenters. The van der Waals surface area contributed by atoms with E-state index in [0.717, 1.165) is 16.9 Å². The zero-order chi connectivity index (χ0) is 18.0. The first-order valence-corrected chi connectivity index (χ1v) is 9.46. The summed E-state index contributed by atoms with van der Waals surface area (Å²) < 4.78 is 32.9.